The van der Waals surface area contributed by atoms with E-state index in [-0.39, 0.29) is 0 Å². The molecule has 1 aromatic carbocycles. The zero-order chi connectivity index (χ0) is 17.0. The fourth-order valence-corrected chi connectivity index (χ4v) is 2.59. The van der Waals surface area contributed by atoms with Gasteiger partial charge in [0.05, 0.1) is 18.0 Å². The Bertz CT molecular complexity index is 696. The average Bonchev–Trinajstić information content (AvgIpc) is 2.75. The van der Waals surface area contributed by atoms with Gasteiger partial charge < -0.3 is 15.0 Å². The van der Waals surface area contributed by atoms with Crippen molar-refractivity contribution in [2.24, 2.45) is 7.05 Å². The number of hydrogen-bond acceptors (Lipinski definition) is 3. The highest BCUT2D eigenvalue weighted by molar-refractivity contribution is 7.80. The molecule has 0 fully saturated rings. The Morgan fingerprint density at radius 1 is 1.35 bits per heavy atom. The van der Waals surface area contributed by atoms with Gasteiger partial charge in [-0.15, -0.1) is 0 Å². The number of nitrogens with one attached hydrogen (secondary N) is 1. The van der Waals surface area contributed by atoms with Crippen molar-refractivity contribution in [1.29, 1.82) is 0 Å². The van der Waals surface area contributed by atoms with E-state index >= 15 is 0 Å². The Morgan fingerprint density at radius 2 is 2.04 bits per heavy atom. The molecular formula is C17H24N4OS. The van der Waals surface area contributed by atoms with Gasteiger partial charge in [-0.3, -0.25) is 4.68 Å². The lowest BCUT2D eigenvalue weighted by molar-refractivity contribution is 0.342. The van der Waals surface area contributed by atoms with Crippen LogP contribution in [0.4, 0.5) is 5.69 Å². The van der Waals surface area contributed by atoms with Crippen LogP contribution in [0.1, 0.15) is 23.9 Å². The van der Waals surface area contributed by atoms with Crippen molar-refractivity contribution in [3.8, 4) is 5.75 Å². The topological polar surface area (TPSA) is 42.3 Å². The molecular weight excluding hydrogens is 308 g/mol. The lowest BCUT2D eigenvalue weighted by Crippen LogP contribution is -2.31. The molecule has 0 aliphatic rings. The molecule has 0 spiro atoms. The molecule has 0 aliphatic carbocycles. The van der Waals surface area contributed by atoms with Crippen molar-refractivity contribution < 1.29 is 4.74 Å². The van der Waals surface area contributed by atoms with E-state index in [1.165, 1.54) is 5.56 Å². The first-order valence-corrected chi connectivity index (χ1v) is 8.07. The Balaban J connectivity index is 2.09. The predicted molar refractivity (Wildman–Crippen MR) is 98.0 cm³/mol. The number of ether oxygens (including phenoxy) is 1. The molecule has 0 saturated carbocycles. The Kier molecular flexibility index (Phi) is 5.60. The predicted octanol–water partition coefficient (Wildman–Crippen LogP) is 3.26. The van der Waals surface area contributed by atoms with Crippen LogP contribution < -0.4 is 10.1 Å². The lowest BCUT2D eigenvalue weighted by Gasteiger charge is -2.22. The molecule has 124 valence electrons. The van der Waals surface area contributed by atoms with E-state index in [1.54, 1.807) is 0 Å². The number of nitrogens with zero attached hydrogens (tertiary/aromatic N) is 3. The van der Waals surface area contributed by atoms with Gasteiger partial charge in [0.25, 0.3) is 0 Å². The smallest absolute Gasteiger partial charge is 0.173 e. The summed E-state index contributed by atoms with van der Waals surface area (Å²) >= 11 is 5.53. The van der Waals surface area contributed by atoms with Crippen LogP contribution in [0.25, 0.3) is 0 Å². The third-order valence-corrected chi connectivity index (χ3v) is 4.24. The van der Waals surface area contributed by atoms with E-state index in [0.717, 1.165) is 22.8 Å². The maximum atomic E-state index is 5.62. The molecule has 1 N–H and O–H groups in total. The van der Waals surface area contributed by atoms with Gasteiger partial charge in [0, 0.05) is 31.9 Å². The largest absolute Gasteiger partial charge is 0.492 e. The van der Waals surface area contributed by atoms with E-state index in [4.69, 9.17) is 17.0 Å². The molecule has 23 heavy (non-hydrogen) atoms. The van der Waals surface area contributed by atoms with Crippen LogP contribution in [-0.2, 0) is 13.6 Å². The van der Waals surface area contributed by atoms with Crippen molar-refractivity contribution in [2.45, 2.75) is 27.3 Å². The molecule has 5 nitrogen and oxygen atoms in total. The molecule has 0 unspecified atom stereocenters. The second kappa shape index (κ2) is 7.46. The minimum absolute atomic E-state index is 0.620. The van der Waals surface area contributed by atoms with Crippen molar-refractivity contribution >= 4 is 23.0 Å². The molecule has 0 amide bonds. The summed E-state index contributed by atoms with van der Waals surface area (Å²) < 4.78 is 7.53. The van der Waals surface area contributed by atoms with Crippen LogP contribution in [0, 0.1) is 13.8 Å². The molecule has 1 aromatic heterocycles. The minimum atomic E-state index is 0.620. The van der Waals surface area contributed by atoms with Crippen LogP contribution in [0.3, 0.4) is 0 Å². The molecule has 0 atom stereocenters. The zero-order valence-corrected chi connectivity index (χ0v) is 15.2. The second-order valence-electron chi connectivity index (χ2n) is 5.49. The first-order valence-electron chi connectivity index (χ1n) is 7.67. The number of para-hydroxylation sites is 2. The lowest BCUT2D eigenvalue weighted by atomic mass is 10.2. The summed E-state index contributed by atoms with van der Waals surface area (Å²) in [6.45, 7) is 7.40. The maximum Gasteiger partial charge on any atom is 0.173 e. The van der Waals surface area contributed by atoms with Gasteiger partial charge in [-0.1, -0.05) is 12.1 Å². The summed E-state index contributed by atoms with van der Waals surface area (Å²) in [6, 6.07) is 7.81. The number of aryl methyl sites for hydroxylation is 2. The van der Waals surface area contributed by atoms with E-state index in [9.17, 15) is 0 Å². The third kappa shape index (κ3) is 4.01. The van der Waals surface area contributed by atoms with E-state index in [1.807, 2.05) is 61.8 Å². The van der Waals surface area contributed by atoms with E-state index in [2.05, 4.69) is 17.3 Å². The summed E-state index contributed by atoms with van der Waals surface area (Å²) in [5.41, 5.74) is 4.28. The van der Waals surface area contributed by atoms with Crippen LogP contribution >= 0.6 is 12.2 Å². The molecule has 1 heterocycles. The highest BCUT2D eigenvalue weighted by Crippen LogP contribution is 2.24. The van der Waals surface area contributed by atoms with E-state index in [0.29, 0.717) is 18.3 Å². The van der Waals surface area contributed by atoms with Gasteiger partial charge in [-0.25, -0.2) is 0 Å². The van der Waals surface area contributed by atoms with Gasteiger partial charge in [0.1, 0.15) is 5.75 Å². The molecule has 2 aromatic rings. The molecule has 0 radical (unpaired) electrons. The number of thiocarbonyl (C=S) groups is 1. The molecule has 0 aliphatic heterocycles. The summed E-state index contributed by atoms with van der Waals surface area (Å²) in [5.74, 6) is 0.805. The second-order valence-corrected chi connectivity index (χ2v) is 5.88. The summed E-state index contributed by atoms with van der Waals surface area (Å²) in [5, 5.41) is 8.37. The van der Waals surface area contributed by atoms with Gasteiger partial charge in [0.2, 0.25) is 0 Å². The highest BCUT2D eigenvalue weighted by atomic mass is 32.1. The van der Waals surface area contributed by atoms with Crippen LogP contribution in [0.15, 0.2) is 24.3 Å². The first kappa shape index (κ1) is 17.3. The molecule has 0 saturated heterocycles. The third-order valence-electron chi connectivity index (χ3n) is 3.83. The fraction of sp³-hybridized carbons (Fsp3) is 0.412. The quantitative estimate of drug-likeness (QED) is 0.851. The fourth-order valence-electron chi connectivity index (χ4n) is 2.42. The monoisotopic (exact) mass is 332 g/mol. The van der Waals surface area contributed by atoms with Crippen LogP contribution in [0.5, 0.6) is 5.75 Å². The number of aromatic nitrogens is 2. The SMILES string of the molecule is CCOc1ccccc1NC(=S)N(C)Cc1c(C)nn(C)c1C. The van der Waals surface area contributed by atoms with Crippen molar-refractivity contribution in [3.05, 3.63) is 41.2 Å². The summed E-state index contributed by atoms with van der Waals surface area (Å²) in [4.78, 5) is 2.01. The van der Waals surface area contributed by atoms with Crippen LogP contribution in [-0.4, -0.2) is 33.4 Å². The van der Waals surface area contributed by atoms with Gasteiger partial charge in [-0.05, 0) is 45.1 Å². The number of rotatable bonds is 5. The number of benzene rings is 1. The Morgan fingerprint density at radius 3 is 2.65 bits per heavy atom. The average molecular weight is 332 g/mol. The normalized spacial score (nSPS) is 10.5. The van der Waals surface area contributed by atoms with Crippen molar-refractivity contribution in [3.63, 3.8) is 0 Å². The standard InChI is InChI=1S/C17H24N4OS/c1-6-22-16-10-8-7-9-15(16)18-17(23)20(4)11-14-12(2)19-21(5)13(14)3/h7-10H,6,11H2,1-5H3,(H,18,23). The zero-order valence-electron chi connectivity index (χ0n) is 14.4. The Labute approximate surface area is 143 Å². The van der Waals surface area contributed by atoms with Gasteiger partial charge >= 0.3 is 0 Å². The Hall–Kier alpha value is -2.08. The van der Waals surface area contributed by atoms with Crippen LogP contribution in [0.2, 0.25) is 0 Å². The summed E-state index contributed by atoms with van der Waals surface area (Å²) in [7, 11) is 3.94. The van der Waals surface area contributed by atoms with Crippen molar-refractivity contribution in [1.82, 2.24) is 14.7 Å². The number of hydrogen-bond donors (Lipinski definition) is 1. The van der Waals surface area contributed by atoms with Gasteiger partial charge in [0.15, 0.2) is 5.11 Å². The maximum absolute atomic E-state index is 5.62. The molecule has 2 rings (SSSR count). The van der Waals surface area contributed by atoms with Crippen molar-refractivity contribution in [2.75, 3.05) is 19.0 Å². The molecule has 0 bridgehead atoms. The molecule has 6 heteroatoms. The van der Waals surface area contributed by atoms with Gasteiger partial charge in [-0.2, -0.15) is 5.10 Å². The van der Waals surface area contributed by atoms with E-state index < -0.39 is 0 Å². The summed E-state index contributed by atoms with van der Waals surface area (Å²) in [6.07, 6.45) is 0. The first-order chi connectivity index (χ1) is 10.9. The highest BCUT2D eigenvalue weighted by Gasteiger charge is 2.14. The number of anilines is 1. The minimum Gasteiger partial charge on any atom is -0.492 e.